The average Bonchev–Trinajstić information content (AvgIpc) is 3.09. The number of anilines is 2. The molecule has 0 spiro atoms. The number of rotatable bonds is 8. The molecule has 3 atom stereocenters. The van der Waals surface area contributed by atoms with E-state index in [4.69, 9.17) is 9.47 Å². The van der Waals surface area contributed by atoms with E-state index in [9.17, 15) is 4.79 Å². The van der Waals surface area contributed by atoms with E-state index in [1.807, 2.05) is 42.5 Å². The van der Waals surface area contributed by atoms with E-state index in [0.717, 1.165) is 64.5 Å². The van der Waals surface area contributed by atoms with E-state index in [1.54, 1.807) is 0 Å². The topological polar surface area (TPSA) is 59.6 Å². The van der Waals surface area contributed by atoms with Crippen LogP contribution in [0.3, 0.4) is 0 Å². The Morgan fingerprint density at radius 1 is 0.919 bits per heavy atom. The van der Waals surface area contributed by atoms with Crippen molar-refractivity contribution in [3.63, 3.8) is 0 Å². The Kier molecular flexibility index (Phi) is 7.50. The summed E-state index contributed by atoms with van der Waals surface area (Å²) in [5, 5.41) is 7.31. The molecular weight excluding hydrogens is 460 g/mol. The number of carbonyl (C=O) groups excluding carboxylic acids is 1. The maximum atomic E-state index is 13.9. The van der Waals surface area contributed by atoms with Gasteiger partial charge in [0.25, 0.3) is 0 Å². The van der Waals surface area contributed by atoms with Crippen LogP contribution >= 0.6 is 0 Å². The maximum Gasteiger partial charge on any atom is 0.163 e. The van der Waals surface area contributed by atoms with Gasteiger partial charge in [0, 0.05) is 23.3 Å². The summed E-state index contributed by atoms with van der Waals surface area (Å²) in [6, 6.07) is 24.2. The zero-order chi connectivity index (χ0) is 25.8. The van der Waals surface area contributed by atoms with E-state index in [1.165, 1.54) is 0 Å². The molecule has 3 unspecified atom stereocenters. The molecule has 0 aromatic heterocycles. The summed E-state index contributed by atoms with van der Waals surface area (Å²) in [6.07, 6.45) is 3.20. The highest BCUT2D eigenvalue weighted by Gasteiger charge is 2.37. The van der Waals surface area contributed by atoms with Crippen molar-refractivity contribution in [2.75, 3.05) is 17.2 Å². The van der Waals surface area contributed by atoms with Gasteiger partial charge in [0.05, 0.1) is 30.1 Å². The summed E-state index contributed by atoms with van der Waals surface area (Å²) in [6.45, 7) is 7.00. The van der Waals surface area contributed by atoms with Crippen LogP contribution in [-0.2, 0) is 4.79 Å². The second kappa shape index (κ2) is 11.1. The molecule has 1 heterocycles. The van der Waals surface area contributed by atoms with E-state index in [0.29, 0.717) is 13.0 Å². The molecule has 3 aromatic rings. The normalized spacial score (nSPS) is 19.6. The molecule has 3 aromatic carbocycles. The van der Waals surface area contributed by atoms with Gasteiger partial charge in [-0.25, -0.2) is 0 Å². The van der Waals surface area contributed by atoms with Crippen molar-refractivity contribution < 1.29 is 14.3 Å². The zero-order valence-corrected chi connectivity index (χ0v) is 21.9. The van der Waals surface area contributed by atoms with Crippen LogP contribution in [0.15, 0.2) is 84.1 Å². The lowest BCUT2D eigenvalue weighted by molar-refractivity contribution is -0.116. The SMILES string of the molecule is CCCOc1ccc(C2CC(=O)C3=C(C2)Nc2ccccc2NC3c2ccccc2OC(C)CC)cc1. The molecule has 192 valence electrons. The van der Waals surface area contributed by atoms with Gasteiger partial charge >= 0.3 is 0 Å². The fourth-order valence-electron chi connectivity index (χ4n) is 5.14. The number of hydrogen-bond acceptors (Lipinski definition) is 5. The predicted molar refractivity (Wildman–Crippen MR) is 149 cm³/mol. The van der Waals surface area contributed by atoms with Crippen LogP contribution in [0.5, 0.6) is 11.5 Å². The highest BCUT2D eigenvalue weighted by atomic mass is 16.5. The van der Waals surface area contributed by atoms with E-state index >= 15 is 0 Å². The van der Waals surface area contributed by atoms with Gasteiger partial charge in [-0.15, -0.1) is 0 Å². The number of benzene rings is 3. The molecule has 5 rings (SSSR count). The Balaban J connectivity index is 1.53. The molecule has 1 aliphatic heterocycles. The fourth-order valence-corrected chi connectivity index (χ4v) is 5.14. The lowest BCUT2D eigenvalue weighted by atomic mass is 9.78. The minimum absolute atomic E-state index is 0.0847. The van der Waals surface area contributed by atoms with E-state index in [2.05, 4.69) is 61.7 Å². The molecule has 37 heavy (non-hydrogen) atoms. The molecular formula is C32H36N2O3. The number of hydrogen-bond donors (Lipinski definition) is 2. The van der Waals surface area contributed by atoms with Crippen LogP contribution in [0.2, 0.25) is 0 Å². The smallest absolute Gasteiger partial charge is 0.163 e. The third-order valence-corrected chi connectivity index (χ3v) is 7.27. The molecule has 2 aliphatic rings. The molecule has 0 saturated carbocycles. The van der Waals surface area contributed by atoms with Crippen molar-refractivity contribution in [1.29, 1.82) is 0 Å². The van der Waals surface area contributed by atoms with Crippen LogP contribution in [0.4, 0.5) is 11.4 Å². The van der Waals surface area contributed by atoms with Crippen molar-refractivity contribution >= 4 is 17.2 Å². The molecule has 5 nitrogen and oxygen atoms in total. The number of fused-ring (bicyclic) bond motifs is 1. The van der Waals surface area contributed by atoms with E-state index < -0.39 is 0 Å². The van der Waals surface area contributed by atoms with Crippen LogP contribution in [0.1, 0.15) is 69.5 Å². The van der Waals surface area contributed by atoms with Gasteiger partial charge in [0.15, 0.2) is 5.78 Å². The predicted octanol–water partition coefficient (Wildman–Crippen LogP) is 7.63. The standard InChI is InChI=1S/C32H36N2O3/c1-4-18-36-24-16-14-22(15-17-24)23-19-28-31(29(35)20-23)32(34-27-12-8-7-11-26(27)33-28)25-10-6-9-13-30(25)37-21(3)5-2/h6-17,21,23,32-34H,4-5,18-20H2,1-3H3. The Labute approximate surface area is 219 Å². The third kappa shape index (κ3) is 5.36. The van der Waals surface area contributed by atoms with Crippen LogP contribution in [0.25, 0.3) is 0 Å². The summed E-state index contributed by atoms with van der Waals surface area (Å²) in [5.74, 6) is 1.96. The Morgan fingerprint density at radius 2 is 1.65 bits per heavy atom. The summed E-state index contributed by atoms with van der Waals surface area (Å²) >= 11 is 0. The number of ether oxygens (including phenoxy) is 2. The molecule has 0 radical (unpaired) electrons. The quantitative estimate of drug-likeness (QED) is 0.336. The second-order valence-electron chi connectivity index (χ2n) is 9.96. The third-order valence-electron chi connectivity index (χ3n) is 7.27. The highest BCUT2D eigenvalue weighted by molar-refractivity contribution is 6.01. The lowest BCUT2D eigenvalue weighted by Crippen LogP contribution is -2.27. The Bertz CT molecular complexity index is 1280. The number of ketones is 1. The molecule has 0 fully saturated rings. The fraction of sp³-hybridized carbons (Fsp3) is 0.344. The van der Waals surface area contributed by atoms with Crippen molar-refractivity contribution in [1.82, 2.24) is 0 Å². The van der Waals surface area contributed by atoms with Crippen LogP contribution < -0.4 is 20.1 Å². The number of allylic oxidation sites excluding steroid dienone is 1. The summed E-state index contributed by atoms with van der Waals surface area (Å²) in [4.78, 5) is 13.9. The molecule has 0 bridgehead atoms. The highest BCUT2D eigenvalue weighted by Crippen LogP contribution is 2.46. The van der Waals surface area contributed by atoms with Crippen molar-refractivity contribution in [2.24, 2.45) is 0 Å². The van der Waals surface area contributed by atoms with Crippen LogP contribution in [-0.4, -0.2) is 18.5 Å². The first kappa shape index (κ1) is 24.9. The van der Waals surface area contributed by atoms with Gasteiger partial charge in [-0.05, 0) is 68.0 Å². The molecule has 0 amide bonds. The molecule has 1 aliphatic carbocycles. The monoisotopic (exact) mass is 496 g/mol. The Hall–Kier alpha value is -3.73. The maximum absolute atomic E-state index is 13.9. The number of Topliss-reactive ketones (excluding diaryl/α,β-unsaturated/α-hetero) is 1. The number of carbonyl (C=O) groups is 1. The first-order chi connectivity index (χ1) is 18.1. The first-order valence-corrected chi connectivity index (χ1v) is 13.4. The van der Waals surface area contributed by atoms with Crippen molar-refractivity contribution in [2.45, 2.75) is 64.5 Å². The number of nitrogens with one attached hydrogen (secondary N) is 2. The van der Waals surface area contributed by atoms with Gasteiger partial charge in [0.1, 0.15) is 11.5 Å². The average molecular weight is 497 g/mol. The van der Waals surface area contributed by atoms with Gasteiger partial charge in [0.2, 0.25) is 0 Å². The second-order valence-corrected chi connectivity index (χ2v) is 9.96. The Morgan fingerprint density at radius 3 is 2.41 bits per heavy atom. The number of para-hydroxylation sites is 3. The van der Waals surface area contributed by atoms with Gasteiger partial charge < -0.3 is 20.1 Å². The largest absolute Gasteiger partial charge is 0.494 e. The minimum atomic E-state index is -0.301. The lowest BCUT2D eigenvalue weighted by Gasteiger charge is -2.31. The van der Waals surface area contributed by atoms with Gasteiger partial charge in [-0.2, -0.15) is 0 Å². The minimum Gasteiger partial charge on any atom is -0.494 e. The molecule has 5 heteroatoms. The molecule has 2 N–H and O–H groups in total. The zero-order valence-electron chi connectivity index (χ0n) is 21.9. The molecule has 0 saturated heterocycles. The summed E-state index contributed by atoms with van der Waals surface area (Å²) in [7, 11) is 0. The van der Waals surface area contributed by atoms with Gasteiger partial charge in [-0.1, -0.05) is 56.3 Å². The van der Waals surface area contributed by atoms with Gasteiger partial charge in [-0.3, -0.25) is 4.79 Å². The van der Waals surface area contributed by atoms with Crippen LogP contribution in [0, 0.1) is 0 Å². The first-order valence-electron chi connectivity index (χ1n) is 13.4. The van der Waals surface area contributed by atoms with Crippen molar-refractivity contribution in [3.8, 4) is 11.5 Å². The summed E-state index contributed by atoms with van der Waals surface area (Å²) in [5.41, 5.74) is 5.88. The van der Waals surface area contributed by atoms with E-state index in [-0.39, 0.29) is 23.8 Å². The summed E-state index contributed by atoms with van der Waals surface area (Å²) < 4.78 is 12.1. The van der Waals surface area contributed by atoms with Crippen molar-refractivity contribution in [3.05, 3.63) is 95.2 Å².